The van der Waals surface area contributed by atoms with Crippen LogP contribution in [0, 0.1) is 20.2 Å². The number of nitrogens with zero attached hydrogens (tertiary/aromatic N) is 3. The molecule has 2 aromatic rings. The number of rotatable bonds is 7. The molecular weight excluding hydrogens is 393 g/mol. The van der Waals surface area contributed by atoms with Crippen molar-refractivity contribution in [1.82, 2.24) is 0 Å². The Balaban J connectivity index is 2.32. The van der Waals surface area contributed by atoms with E-state index in [1.807, 2.05) is 5.43 Å². The third kappa shape index (κ3) is 5.07. The average Bonchev–Trinajstić information content (AvgIpc) is 3.11. The second kappa shape index (κ2) is 7.90. The molecule has 0 amide bonds. The number of nitrogens with one attached hydrogen (secondary N) is 1. The number of alkyl halides is 3. The molecule has 1 aromatic heterocycles. The van der Waals surface area contributed by atoms with Crippen LogP contribution in [0.2, 0.25) is 0 Å². The van der Waals surface area contributed by atoms with E-state index < -0.39 is 51.0 Å². The molecular formula is C14H9F3N4O5S. The summed E-state index contributed by atoms with van der Waals surface area (Å²) in [5.74, 6) is -0.818. The summed E-state index contributed by atoms with van der Waals surface area (Å²) in [5.41, 5.74) is -1.55. The molecule has 9 nitrogen and oxygen atoms in total. The molecule has 27 heavy (non-hydrogen) atoms. The Kier molecular flexibility index (Phi) is 5.85. The zero-order chi connectivity index (χ0) is 20.2. The van der Waals surface area contributed by atoms with Crippen molar-refractivity contribution in [3.05, 3.63) is 60.8 Å². The molecule has 1 heterocycles. The van der Waals surface area contributed by atoms with Crippen LogP contribution in [0.15, 0.2) is 40.8 Å². The van der Waals surface area contributed by atoms with E-state index in [0.29, 0.717) is 6.07 Å². The van der Waals surface area contributed by atoms with E-state index in [2.05, 4.69) is 5.10 Å². The van der Waals surface area contributed by atoms with Gasteiger partial charge in [0.25, 0.3) is 5.69 Å². The van der Waals surface area contributed by atoms with E-state index in [1.54, 1.807) is 0 Å². The Bertz CT molecular complexity index is 912. The van der Waals surface area contributed by atoms with E-state index in [0.717, 1.165) is 23.5 Å². The average molecular weight is 402 g/mol. The minimum absolute atomic E-state index is 0.105. The first-order valence-corrected chi connectivity index (χ1v) is 7.87. The number of hydrazone groups is 1. The number of non-ortho nitro benzene ring substituents is 1. The monoisotopic (exact) mass is 402 g/mol. The van der Waals surface area contributed by atoms with Crippen LogP contribution in [0.1, 0.15) is 16.1 Å². The molecule has 0 aliphatic heterocycles. The maximum Gasteiger partial charge on any atom is 0.431 e. The summed E-state index contributed by atoms with van der Waals surface area (Å²) < 4.78 is 39.3. The SMILES string of the molecule is O=C(C/C(=N\Nc1ccc([N+](=O)[O-])cc1[N+](=O)[O-])C(F)(F)F)c1cccs1. The first-order valence-electron chi connectivity index (χ1n) is 6.99. The highest BCUT2D eigenvalue weighted by Gasteiger charge is 2.37. The first-order chi connectivity index (χ1) is 12.6. The van der Waals surface area contributed by atoms with Crippen LogP contribution in [0.25, 0.3) is 0 Å². The lowest BCUT2D eigenvalue weighted by Gasteiger charge is -2.10. The summed E-state index contributed by atoms with van der Waals surface area (Å²) in [7, 11) is 0. The number of anilines is 1. The summed E-state index contributed by atoms with van der Waals surface area (Å²) in [6.07, 6.45) is -6.03. The molecule has 0 bridgehead atoms. The third-order valence-corrected chi connectivity index (χ3v) is 4.06. The van der Waals surface area contributed by atoms with Gasteiger partial charge in [0.1, 0.15) is 11.4 Å². The van der Waals surface area contributed by atoms with Gasteiger partial charge in [0, 0.05) is 6.07 Å². The van der Waals surface area contributed by atoms with Crippen LogP contribution in [0.4, 0.5) is 30.2 Å². The quantitative estimate of drug-likeness (QED) is 0.320. The lowest BCUT2D eigenvalue weighted by atomic mass is 10.1. The fraction of sp³-hybridized carbons (Fsp3) is 0.143. The molecule has 0 spiro atoms. The molecule has 0 atom stereocenters. The summed E-state index contributed by atoms with van der Waals surface area (Å²) in [6.45, 7) is 0. The standard InChI is InChI=1S/C14H9F3N4O5S/c15-14(16,17)13(7-11(22)12-2-1-5-27-12)19-18-9-4-3-8(20(23)24)6-10(9)21(25)26/h1-6,18H,7H2/b19-13+. The van der Waals surface area contributed by atoms with Crippen molar-refractivity contribution in [2.24, 2.45) is 5.10 Å². The Morgan fingerprint density at radius 3 is 2.41 bits per heavy atom. The van der Waals surface area contributed by atoms with Gasteiger partial charge < -0.3 is 0 Å². The second-order valence-corrected chi connectivity index (χ2v) is 5.91. The van der Waals surface area contributed by atoms with Crippen LogP contribution < -0.4 is 5.43 Å². The molecule has 2 rings (SSSR count). The maximum atomic E-state index is 13.1. The van der Waals surface area contributed by atoms with Gasteiger partial charge in [0.15, 0.2) is 5.78 Å². The summed E-state index contributed by atoms with van der Waals surface area (Å²) >= 11 is 0.963. The summed E-state index contributed by atoms with van der Waals surface area (Å²) in [4.78, 5) is 31.8. The van der Waals surface area contributed by atoms with Crippen molar-refractivity contribution in [3.8, 4) is 0 Å². The van der Waals surface area contributed by atoms with E-state index in [-0.39, 0.29) is 4.88 Å². The molecule has 0 unspecified atom stereocenters. The molecule has 0 fully saturated rings. The molecule has 0 aliphatic carbocycles. The van der Waals surface area contributed by atoms with Gasteiger partial charge in [-0.1, -0.05) is 6.07 Å². The molecule has 1 aromatic carbocycles. The topological polar surface area (TPSA) is 128 Å². The number of nitro groups is 2. The lowest BCUT2D eigenvalue weighted by Crippen LogP contribution is -2.26. The molecule has 0 saturated carbocycles. The minimum Gasteiger partial charge on any atom is -0.293 e. The Hall–Kier alpha value is -3.35. The number of thiophene rings is 1. The van der Waals surface area contributed by atoms with Gasteiger partial charge in [0.05, 0.1) is 27.2 Å². The highest BCUT2D eigenvalue weighted by atomic mass is 32.1. The zero-order valence-electron chi connectivity index (χ0n) is 13.1. The van der Waals surface area contributed by atoms with Crippen molar-refractivity contribution in [2.75, 3.05) is 5.43 Å². The molecule has 1 N–H and O–H groups in total. The number of carbonyl (C=O) groups is 1. The maximum absolute atomic E-state index is 13.1. The van der Waals surface area contributed by atoms with Crippen molar-refractivity contribution in [1.29, 1.82) is 0 Å². The van der Waals surface area contributed by atoms with Crippen LogP contribution in [-0.2, 0) is 0 Å². The van der Waals surface area contributed by atoms with Crippen molar-refractivity contribution in [2.45, 2.75) is 12.6 Å². The zero-order valence-corrected chi connectivity index (χ0v) is 13.9. The predicted molar refractivity (Wildman–Crippen MR) is 90.1 cm³/mol. The summed E-state index contributed by atoms with van der Waals surface area (Å²) in [5, 5.41) is 26.3. The van der Waals surface area contributed by atoms with Gasteiger partial charge in [-0.15, -0.1) is 11.3 Å². The smallest absolute Gasteiger partial charge is 0.293 e. The fourth-order valence-electron chi connectivity index (χ4n) is 1.89. The normalized spacial score (nSPS) is 11.9. The number of carbonyl (C=O) groups excluding carboxylic acids is 1. The largest absolute Gasteiger partial charge is 0.431 e. The number of ketones is 1. The number of halogens is 3. The number of hydrogen-bond donors (Lipinski definition) is 1. The molecule has 0 saturated heterocycles. The predicted octanol–water partition coefficient (Wildman–Crippen LogP) is 4.17. The first kappa shape index (κ1) is 20.0. The van der Waals surface area contributed by atoms with E-state index in [9.17, 15) is 38.2 Å². The van der Waals surface area contributed by atoms with Crippen molar-refractivity contribution < 1.29 is 27.8 Å². The van der Waals surface area contributed by atoms with E-state index >= 15 is 0 Å². The van der Waals surface area contributed by atoms with Gasteiger partial charge in [-0.2, -0.15) is 18.3 Å². The van der Waals surface area contributed by atoms with Gasteiger partial charge in [-0.25, -0.2) is 0 Å². The minimum atomic E-state index is -4.96. The van der Waals surface area contributed by atoms with Crippen LogP contribution in [0.5, 0.6) is 0 Å². The van der Waals surface area contributed by atoms with Gasteiger partial charge >= 0.3 is 11.9 Å². The highest BCUT2D eigenvalue weighted by Crippen LogP contribution is 2.30. The van der Waals surface area contributed by atoms with E-state index in [1.165, 1.54) is 17.5 Å². The van der Waals surface area contributed by atoms with Gasteiger partial charge in [-0.05, 0) is 17.5 Å². The summed E-state index contributed by atoms with van der Waals surface area (Å²) in [6, 6.07) is 5.17. The van der Waals surface area contributed by atoms with Crippen molar-refractivity contribution in [3.63, 3.8) is 0 Å². The Labute approximate surface area is 152 Å². The van der Waals surface area contributed by atoms with Gasteiger partial charge in [-0.3, -0.25) is 30.4 Å². The second-order valence-electron chi connectivity index (χ2n) is 4.96. The number of hydrogen-bond acceptors (Lipinski definition) is 8. The highest BCUT2D eigenvalue weighted by molar-refractivity contribution is 7.12. The van der Waals surface area contributed by atoms with Crippen LogP contribution in [0.3, 0.4) is 0 Å². The number of nitro benzene ring substituents is 2. The Morgan fingerprint density at radius 1 is 1.19 bits per heavy atom. The van der Waals surface area contributed by atoms with Crippen LogP contribution in [-0.4, -0.2) is 27.5 Å². The third-order valence-electron chi connectivity index (χ3n) is 3.15. The fourth-order valence-corrected chi connectivity index (χ4v) is 2.55. The molecule has 0 aliphatic rings. The molecule has 0 radical (unpaired) electrons. The van der Waals surface area contributed by atoms with E-state index in [4.69, 9.17) is 0 Å². The molecule has 142 valence electrons. The van der Waals surface area contributed by atoms with Crippen LogP contribution >= 0.6 is 11.3 Å². The van der Waals surface area contributed by atoms with Gasteiger partial charge in [0.2, 0.25) is 0 Å². The number of Topliss-reactive ketones (excluding diaryl/α,β-unsaturated/α-hetero) is 1. The lowest BCUT2D eigenvalue weighted by molar-refractivity contribution is -0.393. The van der Waals surface area contributed by atoms with Crippen molar-refractivity contribution >= 4 is 39.9 Å². The number of benzene rings is 1. The Morgan fingerprint density at radius 2 is 1.89 bits per heavy atom. The molecule has 13 heteroatoms.